The fourth-order valence-corrected chi connectivity index (χ4v) is 2.57. The molecule has 0 aliphatic rings. The Bertz CT molecular complexity index is 988. The largest absolute Gasteiger partial charge is 0.507 e. The second-order valence-electron chi connectivity index (χ2n) is 6.08. The van der Waals surface area contributed by atoms with Crippen LogP contribution >= 0.6 is 0 Å². The lowest BCUT2D eigenvalue weighted by molar-refractivity contribution is 0.0950. The highest BCUT2D eigenvalue weighted by Gasteiger charge is 2.10. The van der Waals surface area contributed by atoms with E-state index in [-0.39, 0.29) is 5.75 Å². The van der Waals surface area contributed by atoms with Crippen LogP contribution in [-0.4, -0.2) is 27.4 Å². The van der Waals surface area contributed by atoms with E-state index in [1.54, 1.807) is 18.2 Å². The van der Waals surface area contributed by atoms with E-state index < -0.39 is 5.91 Å². The van der Waals surface area contributed by atoms with Gasteiger partial charge in [-0.2, -0.15) is 10.2 Å². The number of allylic oxidation sites excluding steroid dienone is 1. The summed E-state index contributed by atoms with van der Waals surface area (Å²) in [6.07, 6.45) is 3.66. The van der Waals surface area contributed by atoms with Gasteiger partial charge in [-0.3, -0.25) is 9.89 Å². The van der Waals surface area contributed by atoms with Crippen LogP contribution in [0.5, 0.6) is 5.75 Å². The fraction of sp³-hybridized carbons (Fsp3) is 0.0952. The SMILES string of the molecule is C=CCc1cccc(/C=N\NC(=O)c2cc(-c3ccc(C)cc3)n[nH]2)c1O. The first-order valence-corrected chi connectivity index (χ1v) is 8.46. The van der Waals surface area contributed by atoms with Gasteiger partial charge < -0.3 is 5.11 Å². The van der Waals surface area contributed by atoms with Crippen molar-refractivity contribution in [1.29, 1.82) is 0 Å². The molecule has 3 aromatic rings. The number of benzene rings is 2. The molecule has 6 heteroatoms. The molecule has 0 aliphatic carbocycles. The standard InChI is InChI=1S/C21H20N4O2/c1-3-5-16-6-4-7-17(20(16)26)13-22-25-21(27)19-12-18(23-24-19)15-10-8-14(2)9-11-15/h3-4,6-13,26H,1,5H2,2H3,(H,23,24)(H,25,27)/b22-13-. The number of para-hydroxylation sites is 1. The van der Waals surface area contributed by atoms with E-state index >= 15 is 0 Å². The quantitative estimate of drug-likeness (QED) is 0.356. The van der Waals surface area contributed by atoms with Gasteiger partial charge in [-0.15, -0.1) is 6.58 Å². The number of aromatic nitrogens is 2. The second-order valence-corrected chi connectivity index (χ2v) is 6.08. The maximum Gasteiger partial charge on any atom is 0.289 e. The molecule has 1 amide bonds. The number of hydrogen-bond donors (Lipinski definition) is 3. The molecule has 6 nitrogen and oxygen atoms in total. The number of amides is 1. The molecule has 136 valence electrons. The number of nitrogens with one attached hydrogen (secondary N) is 2. The van der Waals surface area contributed by atoms with Gasteiger partial charge in [-0.05, 0) is 31.0 Å². The van der Waals surface area contributed by atoms with Gasteiger partial charge in [0.25, 0.3) is 5.91 Å². The third kappa shape index (κ3) is 4.30. The number of hydrazone groups is 1. The first-order valence-electron chi connectivity index (χ1n) is 8.46. The fourth-order valence-electron chi connectivity index (χ4n) is 2.57. The van der Waals surface area contributed by atoms with E-state index in [0.29, 0.717) is 23.4 Å². The third-order valence-corrected chi connectivity index (χ3v) is 4.05. The van der Waals surface area contributed by atoms with Crippen LogP contribution in [0.1, 0.15) is 27.2 Å². The minimum absolute atomic E-state index is 0.124. The monoisotopic (exact) mass is 360 g/mol. The molecular formula is C21H20N4O2. The molecule has 0 fully saturated rings. The van der Waals surface area contributed by atoms with Crippen molar-refractivity contribution in [3.8, 4) is 17.0 Å². The molecule has 1 heterocycles. The van der Waals surface area contributed by atoms with Gasteiger partial charge in [0.2, 0.25) is 0 Å². The zero-order valence-corrected chi connectivity index (χ0v) is 14.9. The van der Waals surface area contributed by atoms with Crippen LogP contribution in [0.15, 0.2) is 66.3 Å². The number of aromatic amines is 1. The molecule has 3 N–H and O–H groups in total. The summed E-state index contributed by atoms with van der Waals surface area (Å²) in [6.45, 7) is 5.67. The van der Waals surface area contributed by atoms with E-state index in [2.05, 4.69) is 27.3 Å². The van der Waals surface area contributed by atoms with E-state index in [1.165, 1.54) is 6.21 Å². The van der Waals surface area contributed by atoms with Crippen LogP contribution in [0.3, 0.4) is 0 Å². The van der Waals surface area contributed by atoms with Crippen molar-refractivity contribution in [2.75, 3.05) is 0 Å². The van der Waals surface area contributed by atoms with E-state index in [0.717, 1.165) is 16.7 Å². The van der Waals surface area contributed by atoms with Crippen molar-refractivity contribution in [2.24, 2.45) is 5.10 Å². The molecule has 27 heavy (non-hydrogen) atoms. The normalized spacial score (nSPS) is 10.9. The number of carbonyl (C=O) groups excluding carboxylic acids is 1. The molecule has 0 unspecified atom stereocenters. The third-order valence-electron chi connectivity index (χ3n) is 4.05. The Hall–Kier alpha value is -3.67. The molecule has 0 bridgehead atoms. The van der Waals surface area contributed by atoms with Gasteiger partial charge in [-0.1, -0.05) is 48.0 Å². The molecule has 0 atom stereocenters. The lowest BCUT2D eigenvalue weighted by Gasteiger charge is -2.04. The Morgan fingerprint density at radius 1 is 1.30 bits per heavy atom. The highest BCUT2D eigenvalue weighted by molar-refractivity contribution is 5.94. The zero-order valence-electron chi connectivity index (χ0n) is 14.9. The van der Waals surface area contributed by atoms with Crippen LogP contribution in [0.4, 0.5) is 0 Å². The second kappa shape index (κ2) is 8.14. The number of phenolic OH excluding ortho intramolecular Hbond substituents is 1. The summed E-state index contributed by atoms with van der Waals surface area (Å²) in [6, 6.07) is 14.9. The summed E-state index contributed by atoms with van der Waals surface area (Å²) in [5, 5.41) is 21.0. The maximum absolute atomic E-state index is 12.2. The minimum atomic E-state index is -0.418. The summed E-state index contributed by atoms with van der Waals surface area (Å²) < 4.78 is 0. The van der Waals surface area contributed by atoms with Gasteiger partial charge in [0.05, 0.1) is 11.9 Å². The Labute approximate surface area is 157 Å². The van der Waals surface area contributed by atoms with E-state index in [9.17, 15) is 9.90 Å². The molecule has 0 saturated heterocycles. The number of phenols is 1. The van der Waals surface area contributed by atoms with Gasteiger partial charge in [-0.25, -0.2) is 5.43 Å². The molecular weight excluding hydrogens is 340 g/mol. The molecule has 2 aromatic carbocycles. The van der Waals surface area contributed by atoms with Crippen LogP contribution < -0.4 is 5.43 Å². The summed E-state index contributed by atoms with van der Waals surface area (Å²) in [5.74, 6) is -0.294. The van der Waals surface area contributed by atoms with Gasteiger partial charge >= 0.3 is 0 Å². The number of nitrogens with zero attached hydrogens (tertiary/aromatic N) is 2. The first-order chi connectivity index (χ1) is 13.1. The van der Waals surface area contributed by atoms with Crippen LogP contribution in [0.2, 0.25) is 0 Å². The highest BCUT2D eigenvalue weighted by Crippen LogP contribution is 2.21. The highest BCUT2D eigenvalue weighted by atomic mass is 16.3. The number of rotatable bonds is 6. The molecule has 0 aliphatic heterocycles. The number of hydrogen-bond acceptors (Lipinski definition) is 4. The maximum atomic E-state index is 12.2. The van der Waals surface area contributed by atoms with Gasteiger partial charge in [0, 0.05) is 11.1 Å². The predicted molar refractivity (Wildman–Crippen MR) is 106 cm³/mol. The van der Waals surface area contributed by atoms with E-state index in [1.807, 2.05) is 43.3 Å². The predicted octanol–water partition coefficient (Wildman–Crippen LogP) is 3.58. The smallest absolute Gasteiger partial charge is 0.289 e. The summed E-state index contributed by atoms with van der Waals surface area (Å²) in [5.41, 5.74) is 6.74. The van der Waals surface area contributed by atoms with Crippen molar-refractivity contribution in [1.82, 2.24) is 15.6 Å². The first kappa shape index (κ1) is 18.1. The number of carbonyl (C=O) groups is 1. The zero-order chi connectivity index (χ0) is 19.2. The summed E-state index contributed by atoms with van der Waals surface area (Å²) in [7, 11) is 0. The van der Waals surface area contributed by atoms with Crippen LogP contribution in [0, 0.1) is 6.92 Å². The topological polar surface area (TPSA) is 90.4 Å². The Balaban J connectivity index is 1.68. The van der Waals surface area contributed by atoms with Crippen molar-refractivity contribution in [2.45, 2.75) is 13.3 Å². The molecule has 0 spiro atoms. The Morgan fingerprint density at radius 2 is 2.07 bits per heavy atom. The molecule has 1 aromatic heterocycles. The molecule has 0 saturated carbocycles. The summed E-state index contributed by atoms with van der Waals surface area (Å²) in [4.78, 5) is 12.2. The molecule has 3 rings (SSSR count). The molecule has 0 radical (unpaired) electrons. The van der Waals surface area contributed by atoms with Gasteiger partial charge in [0.1, 0.15) is 11.4 Å². The lowest BCUT2D eigenvalue weighted by atomic mass is 10.1. The average molecular weight is 360 g/mol. The van der Waals surface area contributed by atoms with E-state index in [4.69, 9.17) is 0 Å². The van der Waals surface area contributed by atoms with Crippen LogP contribution in [-0.2, 0) is 6.42 Å². The van der Waals surface area contributed by atoms with Crippen LogP contribution in [0.25, 0.3) is 11.3 Å². The number of aromatic hydroxyl groups is 1. The van der Waals surface area contributed by atoms with Crippen molar-refractivity contribution in [3.05, 3.63) is 83.6 Å². The Kier molecular flexibility index (Phi) is 5.47. The minimum Gasteiger partial charge on any atom is -0.507 e. The number of H-pyrrole nitrogens is 1. The summed E-state index contributed by atoms with van der Waals surface area (Å²) >= 11 is 0. The van der Waals surface area contributed by atoms with Crippen molar-refractivity contribution < 1.29 is 9.90 Å². The average Bonchev–Trinajstić information content (AvgIpc) is 3.15. The lowest BCUT2D eigenvalue weighted by Crippen LogP contribution is -2.18. The van der Waals surface area contributed by atoms with Crippen molar-refractivity contribution in [3.63, 3.8) is 0 Å². The number of aryl methyl sites for hydroxylation is 1. The Morgan fingerprint density at radius 3 is 2.81 bits per heavy atom. The van der Waals surface area contributed by atoms with Crippen molar-refractivity contribution >= 4 is 12.1 Å². The van der Waals surface area contributed by atoms with Gasteiger partial charge in [0.15, 0.2) is 0 Å².